The van der Waals surface area contributed by atoms with Gasteiger partial charge in [0.2, 0.25) is 0 Å². The van der Waals surface area contributed by atoms with Gasteiger partial charge in [0.15, 0.2) is 5.78 Å². The number of thioether (sulfide) groups is 1. The number of hydrazone groups is 1. The minimum atomic E-state index is -1.10. The molecule has 9 nitrogen and oxygen atoms in total. The van der Waals surface area contributed by atoms with Crippen molar-refractivity contribution in [2.24, 2.45) is 11.0 Å². The fourth-order valence-corrected chi connectivity index (χ4v) is 5.34. The molecular formula is C27H41N5O4S. The molecule has 204 valence electrons. The van der Waals surface area contributed by atoms with Crippen LogP contribution in [0.25, 0.3) is 0 Å². The Bertz CT molecular complexity index is 991. The van der Waals surface area contributed by atoms with Crippen LogP contribution in [0.15, 0.2) is 29.4 Å². The van der Waals surface area contributed by atoms with Crippen LogP contribution in [0, 0.1) is 12.8 Å². The van der Waals surface area contributed by atoms with Gasteiger partial charge in [0.05, 0.1) is 0 Å². The van der Waals surface area contributed by atoms with Crippen LogP contribution in [-0.2, 0) is 9.53 Å². The van der Waals surface area contributed by atoms with Crippen molar-refractivity contribution in [3.63, 3.8) is 0 Å². The molecule has 1 unspecified atom stereocenters. The molecular weight excluding hydrogens is 490 g/mol. The summed E-state index contributed by atoms with van der Waals surface area (Å²) in [7, 11) is 3.95. The fourth-order valence-electron chi connectivity index (χ4n) is 4.41. The predicted octanol–water partition coefficient (Wildman–Crippen LogP) is 4.32. The Morgan fingerprint density at radius 3 is 2.51 bits per heavy atom. The first-order valence-corrected chi connectivity index (χ1v) is 14.1. The number of hydrogen-bond acceptors (Lipinski definition) is 7. The summed E-state index contributed by atoms with van der Waals surface area (Å²) in [6, 6.07) is 6.84. The number of Topliss-reactive ketones (excluding diaryl/α,β-unsaturated/α-hetero) is 1. The van der Waals surface area contributed by atoms with Crippen molar-refractivity contribution in [2.45, 2.75) is 77.6 Å². The zero-order valence-corrected chi connectivity index (χ0v) is 23.5. The van der Waals surface area contributed by atoms with Crippen LogP contribution in [0.1, 0.15) is 74.7 Å². The van der Waals surface area contributed by atoms with Crippen molar-refractivity contribution in [1.82, 2.24) is 20.5 Å². The topological polar surface area (TPSA) is 103 Å². The van der Waals surface area contributed by atoms with E-state index in [1.807, 2.05) is 44.1 Å². The molecule has 3 amide bonds. The summed E-state index contributed by atoms with van der Waals surface area (Å²) in [6.07, 6.45) is 3.88. The van der Waals surface area contributed by atoms with Crippen molar-refractivity contribution in [1.29, 1.82) is 0 Å². The van der Waals surface area contributed by atoms with Gasteiger partial charge in [0, 0.05) is 24.3 Å². The number of ether oxygens (including phenoxy) is 1. The normalized spacial score (nSPS) is 18.9. The number of benzene rings is 1. The number of aryl methyl sites for hydroxylation is 1. The molecule has 0 bridgehead atoms. The van der Waals surface area contributed by atoms with Crippen LogP contribution in [0.3, 0.4) is 0 Å². The molecule has 37 heavy (non-hydrogen) atoms. The number of urea groups is 1. The summed E-state index contributed by atoms with van der Waals surface area (Å²) in [5, 5.41) is 12.0. The Morgan fingerprint density at radius 2 is 1.86 bits per heavy atom. The molecule has 2 aliphatic rings. The zero-order valence-electron chi connectivity index (χ0n) is 22.7. The van der Waals surface area contributed by atoms with Crippen LogP contribution in [-0.4, -0.2) is 71.1 Å². The minimum absolute atomic E-state index is 0.183. The molecule has 1 aromatic rings. The number of amides is 3. The second kappa shape index (κ2) is 13.3. The second-order valence-corrected chi connectivity index (χ2v) is 11.6. The quantitative estimate of drug-likeness (QED) is 0.436. The highest BCUT2D eigenvalue weighted by molar-refractivity contribution is 8.13. The Balaban J connectivity index is 1.78. The van der Waals surface area contributed by atoms with E-state index >= 15 is 0 Å². The number of nitrogens with one attached hydrogen (secondary N) is 2. The lowest BCUT2D eigenvalue weighted by Crippen LogP contribution is -2.64. The molecule has 1 fully saturated rings. The van der Waals surface area contributed by atoms with Crippen molar-refractivity contribution >= 4 is 34.7 Å². The third-order valence-electron chi connectivity index (χ3n) is 6.64. The predicted molar refractivity (Wildman–Crippen MR) is 147 cm³/mol. The lowest BCUT2D eigenvalue weighted by Gasteiger charge is -2.39. The van der Waals surface area contributed by atoms with Gasteiger partial charge in [0.25, 0.3) is 17.4 Å². The maximum absolute atomic E-state index is 13.6. The summed E-state index contributed by atoms with van der Waals surface area (Å²) >= 11 is 1.38. The van der Waals surface area contributed by atoms with Crippen molar-refractivity contribution < 1.29 is 19.1 Å². The maximum Gasteiger partial charge on any atom is 0.343 e. The first kappa shape index (κ1) is 29.0. The Hall–Kier alpha value is -2.59. The molecule has 3 rings (SSSR count). The number of hydrogen-bond donors (Lipinski definition) is 2. The number of carbonyl (C=O) groups is 3. The molecule has 0 spiro atoms. The minimum Gasteiger partial charge on any atom is -0.438 e. The van der Waals surface area contributed by atoms with Gasteiger partial charge in [0.1, 0.15) is 5.66 Å². The molecule has 0 saturated heterocycles. The largest absolute Gasteiger partial charge is 0.438 e. The van der Waals surface area contributed by atoms with Gasteiger partial charge in [-0.1, -0.05) is 50.2 Å². The van der Waals surface area contributed by atoms with E-state index in [-0.39, 0.29) is 11.7 Å². The van der Waals surface area contributed by atoms with E-state index < -0.39 is 17.9 Å². The van der Waals surface area contributed by atoms with Crippen LogP contribution in [0.5, 0.6) is 0 Å². The number of nitrogens with zero attached hydrogens (tertiary/aromatic N) is 3. The van der Waals surface area contributed by atoms with E-state index in [0.717, 1.165) is 36.4 Å². The molecule has 1 aliphatic carbocycles. The Labute approximate surface area is 224 Å². The van der Waals surface area contributed by atoms with E-state index in [1.165, 1.54) is 11.8 Å². The average molecular weight is 532 g/mol. The van der Waals surface area contributed by atoms with Crippen LogP contribution < -0.4 is 10.6 Å². The average Bonchev–Trinajstić information content (AvgIpc) is 3.27. The first-order chi connectivity index (χ1) is 17.6. The van der Waals surface area contributed by atoms with Gasteiger partial charge in [-0.25, -0.2) is 4.79 Å². The van der Waals surface area contributed by atoms with E-state index in [2.05, 4.69) is 29.6 Å². The molecule has 1 heterocycles. The molecule has 0 aromatic heterocycles. The summed E-state index contributed by atoms with van der Waals surface area (Å²) in [4.78, 5) is 41.9. The summed E-state index contributed by atoms with van der Waals surface area (Å²) < 4.78 is 5.88. The Morgan fingerprint density at radius 1 is 1.16 bits per heavy atom. The third kappa shape index (κ3) is 8.20. The summed E-state index contributed by atoms with van der Waals surface area (Å²) in [6.45, 7) is 6.80. The number of ketones is 1. The highest BCUT2D eigenvalue weighted by Gasteiger charge is 2.42. The second-order valence-electron chi connectivity index (χ2n) is 10.6. The van der Waals surface area contributed by atoms with Crippen LogP contribution >= 0.6 is 11.8 Å². The van der Waals surface area contributed by atoms with Crippen molar-refractivity contribution in [3.05, 3.63) is 35.4 Å². The number of rotatable bonds is 10. The first-order valence-electron chi connectivity index (χ1n) is 13.2. The van der Waals surface area contributed by atoms with E-state index in [1.54, 1.807) is 6.07 Å². The molecule has 10 heteroatoms. The molecule has 1 aliphatic heterocycles. The van der Waals surface area contributed by atoms with Gasteiger partial charge in [-0.3, -0.25) is 9.59 Å². The molecule has 1 atom stereocenters. The maximum atomic E-state index is 13.6. The lowest BCUT2D eigenvalue weighted by molar-refractivity contribution is -0.131. The van der Waals surface area contributed by atoms with E-state index in [0.29, 0.717) is 48.1 Å². The van der Waals surface area contributed by atoms with Crippen LogP contribution in [0.2, 0.25) is 0 Å². The highest BCUT2D eigenvalue weighted by Crippen LogP contribution is 2.29. The smallest absolute Gasteiger partial charge is 0.343 e. The fraction of sp³-hybridized carbons (Fsp3) is 0.630. The Kier molecular flexibility index (Phi) is 10.4. The van der Waals surface area contributed by atoms with E-state index in [9.17, 15) is 14.4 Å². The van der Waals surface area contributed by atoms with Gasteiger partial charge < -0.3 is 20.3 Å². The lowest BCUT2D eigenvalue weighted by atomic mass is 9.88. The SMILES string of the molecule is Cc1ccccc1C(=O)NC1(NC(=O)N2N=C(SCCN(C)C)OC2C(=O)CCC(C)C)CCCCC1. The monoisotopic (exact) mass is 531 g/mol. The summed E-state index contributed by atoms with van der Waals surface area (Å²) in [5.74, 6) is 0.651. The molecule has 2 N–H and O–H groups in total. The van der Waals surface area contributed by atoms with Gasteiger partial charge in [-0.2, -0.15) is 5.01 Å². The van der Waals surface area contributed by atoms with Gasteiger partial charge in [-0.05, 0) is 70.7 Å². The molecule has 1 aromatic carbocycles. The van der Waals surface area contributed by atoms with E-state index in [4.69, 9.17) is 4.74 Å². The third-order valence-corrected chi connectivity index (χ3v) is 7.45. The molecule has 1 saturated carbocycles. The summed E-state index contributed by atoms with van der Waals surface area (Å²) in [5.41, 5.74) is 0.520. The van der Waals surface area contributed by atoms with Crippen molar-refractivity contribution in [3.8, 4) is 0 Å². The standard InChI is InChI=1S/C27H41N5O4S/c1-19(2)13-14-22(33)24-32(30-26(36-24)37-18-17-31(4)5)25(35)29-27(15-9-6-10-16-27)28-23(34)21-12-8-7-11-20(21)3/h7-8,11-12,19,24H,6,9-10,13-18H2,1-5H3,(H,28,34)(H,29,35). The highest BCUT2D eigenvalue weighted by atomic mass is 32.2. The zero-order chi connectivity index (χ0) is 27.0. The van der Waals surface area contributed by atoms with Gasteiger partial charge >= 0.3 is 6.03 Å². The van der Waals surface area contributed by atoms with Crippen LogP contribution in [0.4, 0.5) is 4.79 Å². The van der Waals surface area contributed by atoms with Gasteiger partial charge in [-0.15, -0.1) is 5.10 Å². The molecule has 0 radical (unpaired) electrons. The van der Waals surface area contributed by atoms with Crippen molar-refractivity contribution in [2.75, 3.05) is 26.4 Å². The number of carbonyl (C=O) groups excluding carboxylic acids is 3.